The van der Waals surface area contributed by atoms with E-state index in [0.717, 1.165) is 37.7 Å². The molecule has 24 heavy (non-hydrogen) atoms. The summed E-state index contributed by atoms with van der Waals surface area (Å²) >= 11 is 3.32. The van der Waals surface area contributed by atoms with Crippen LogP contribution in [0.2, 0.25) is 0 Å². The van der Waals surface area contributed by atoms with Gasteiger partial charge in [0.1, 0.15) is 11.4 Å². The normalized spacial score (nSPS) is 19.8. The standard InChI is InChI=1S/C15H19BrN6O2/c1-9-7-10(16)8-11(22(23)24)12(9)21-14(18)19-13(17)20-15(21)5-3-2-4-6-15/h7-8H,2-6H2,1H3,(H4,17,18,19,20). The zero-order chi connectivity index (χ0) is 17.5. The Balaban J connectivity index is 2.23. The predicted molar refractivity (Wildman–Crippen MR) is 97.1 cm³/mol. The fourth-order valence-electron chi connectivity index (χ4n) is 3.59. The maximum Gasteiger partial charge on any atom is 0.294 e. The molecule has 0 unspecified atom stereocenters. The van der Waals surface area contributed by atoms with Gasteiger partial charge in [-0.3, -0.25) is 15.0 Å². The van der Waals surface area contributed by atoms with Crippen molar-refractivity contribution in [2.45, 2.75) is 44.7 Å². The number of aliphatic imine (C=N–C) groups is 2. The second kappa shape index (κ2) is 6.04. The molecule has 1 aliphatic carbocycles. The Morgan fingerprint density at radius 3 is 2.58 bits per heavy atom. The lowest BCUT2D eigenvalue weighted by Crippen LogP contribution is -2.58. The van der Waals surface area contributed by atoms with E-state index in [2.05, 4.69) is 25.9 Å². The largest absolute Gasteiger partial charge is 0.369 e. The Bertz CT molecular complexity index is 755. The number of hydrogen-bond donors (Lipinski definition) is 2. The summed E-state index contributed by atoms with van der Waals surface area (Å²) in [6.07, 6.45) is 4.49. The van der Waals surface area contributed by atoms with E-state index in [1.165, 1.54) is 6.07 Å². The minimum Gasteiger partial charge on any atom is -0.369 e. The van der Waals surface area contributed by atoms with Gasteiger partial charge in [0.25, 0.3) is 5.69 Å². The summed E-state index contributed by atoms with van der Waals surface area (Å²) in [6, 6.07) is 3.31. The first-order chi connectivity index (χ1) is 11.3. The minimum atomic E-state index is -0.697. The molecular weight excluding hydrogens is 376 g/mol. The van der Waals surface area contributed by atoms with Crippen LogP contribution in [0.5, 0.6) is 0 Å². The van der Waals surface area contributed by atoms with Gasteiger partial charge < -0.3 is 11.5 Å². The minimum absolute atomic E-state index is 0.0272. The molecule has 1 saturated carbocycles. The van der Waals surface area contributed by atoms with Crippen molar-refractivity contribution in [3.05, 3.63) is 32.3 Å². The summed E-state index contributed by atoms with van der Waals surface area (Å²) in [5.74, 6) is 0.279. The molecule has 0 radical (unpaired) electrons. The van der Waals surface area contributed by atoms with Gasteiger partial charge in [-0.1, -0.05) is 22.4 Å². The van der Waals surface area contributed by atoms with E-state index in [0.29, 0.717) is 10.2 Å². The highest BCUT2D eigenvalue weighted by Crippen LogP contribution is 2.44. The van der Waals surface area contributed by atoms with E-state index in [1.807, 2.05) is 13.0 Å². The van der Waals surface area contributed by atoms with Gasteiger partial charge in [0.15, 0.2) is 0 Å². The fraction of sp³-hybridized carbons (Fsp3) is 0.467. The first kappa shape index (κ1) is 16.7. The number of halogens is 1. The van der Waals surface area contributed by atoms with Gasteiger partial charge in [0.2, 0.25) is 11.9 Å². The molecule has 4 N–H and O–H groups in total. The third kappa shape index (κ3) is 2.72. The molecule has 1 fully saturated rings. The highest BCUT2D eigenvalue weighted by Gasteiger charge is 2.45. The second-order valence-electron chi connectivity index (χ2n) is 6.17. The van der Waals surface area contributed by atoms with Crippen molar-refractivity contribution in [1.29, 1.82) is 0 Å². The fourth-order valence-corrected chi connectivity index (χ4v) is 4.15. The van der Waals surface area contributed by atoms with E-state index >= 15 is 0 Å². The number of aryl methyl sites for hydroxylation is 1. The predicted octanol–water partition coefficient (Wildman–Crippen LogP) is 2.78. The smallest absolute Gasteiger partial charge is 0.294 e. The van der Waals surface area contributed by atoms with Gasteiger partial charge >= 0.3 is 0 Å². The number of hydrogen-bond acceptors (Lipinski definition) is 7. The first-order valence-electron chi connectivity index (χ1n) is 7.78. The average Bonchev–Trinajstić information content (AvgIpc) is 2.48. The molecule has 8 nitrogen and oxygen atoms in total. The van der Waals surface area contributed by atoms with E-state index in [1.54, 1.807) is 4.90 Å². The van der Waals surface area contributed by atoms with Gasteiger partial charge in [-0.2, -0.15) is 4.99 Å². The molecule has 0 bridgehead atoms. The van der Waals surface area contributed by atoms with E-state index < -0.39 is 10.6 Å². The number of nitro benzene ring substituents is 1. The van der Waals surface area contributed by atoms with Crippen LogP contribution in [0.4, 0.5) is 11.4 Å². The first-order valence-corrected chi connectivity index (χ1v) is 8.58. The number of rotatable bonds is 2. The van der Waals surface area contributed by atoms with Crippen LogP contribution in [-0.2, 0) is 0 Å². The molecule has 1 spiro atoms. The Labute approximate surface area is 147 Å². The molecule has 0 aromatic heterocycles. The van der Waals surface area contributed by atoms with Crippen LogP contribution in [-0.4, -0.2) is 22.5 Å². The highest BCUT2D eigenvalue weighted by atomic mass is 79.9. The van der Waals surface area contributed by atoms with Crippen molar-refractivity contribution in [2.24, 2.45) is 21.5 Å². The van der Waals surface area contributed by atoms with Crippen molar-refractivity contribution in [3.8, 4) is 0 Å². The third-order valence-electron chi connectivity index (χ3n) is 4.52. The number of anilines is 1. The zero-order valence-corrected chi connectivity index (χ0v) is 14.9. The number of nitrogens with zero attached hydrogens (tertiary/aromatic N) is 4. The molecule has 1 aromatic rings. The third-order valence-corrected chi connectivity index (χ3v) is 4.97. The summed E-state index contributed by atoms with van der Waals surface area (Å²) in [5, 5.41) is 11.6. The van der Waals surface area contributed by atoms with E-state index in [4.69, 9.17) is 11.5 Å². The van der Waals surface area contributed by atoms with Crippen LogP contribution >= 0.6 is 15.9 Å². The average molecular weight is 395 g/mol. The Kier molecular flexibility index (Phi) is 4.20. The Hall–Kier alpha value is -2.16. The van der Waals surface area contributed by atoms with Crippen molar-refractivity contribution >= 4 is 39.2 Å². The lowest BCUT2D eigenvalue weighted by atomic mass is 9.87. The van der Waals surface area contributed by atoms with Crippen LogP contribution in [0.15, 0.2) is 26.6 Å². The monoisotopic (exact) mass is 394 g/mol. The number of benzene rings is 1. The molecule has 1 aliphatic heterocycles. The maximum absolute atomic E-state index is 11.6. The lowest BCUT2D eigenvalue weighted by molar-refractivity contribution is -0.384. The molecule has 3 rings (SSSR count). The Morgan fingerprint density at radius 1 is 1.29 bits per heavy atom. The van der Waals surface area contributed by atoms with Gasteiger partial charge in [-0.25, -0.2) is 4.99 Å². The maximum atomic E-state index is 11.6. The summed E-state index contributed by atoms with van der Waals surface area (Å²) in [4.78, 5) is 21.6. The van der Waals surface area contributed by atoms with Crippen LogP contribution in [0.1, 0.15) is 37.7 Å². The molecular formula is C15H19BrN6O2. The molecule has 1 heterocycles. The molecule has 1 aromatic carbocycles. The van der Waals surface area contributed by atoms with Crippen molar-refractivity contribution in [1.82, 2.24) is 0 Å². The van der Waals surface area contributed by atoms with E-state index in [-0.39, 0.29) is 17.6 Å². The van der Waals surface area contributed by atoms with Crippen LogP contribution < -0.4 is 16.4 Å². The Morgan fingerprint density at radius 2 is 1.96 bits per heavy atom. The summed E-state index contributed by atoms with van der Waals surface area (Å²) < 4.78 is 0.642. The van der Waals surface area contributed by atoms with Gasteiger partial charge in [-0.05, 0) is 44.2 Å². The van der Waals surface area contributed by atoms with E-state index in [9.17, 15) is 10.1 Å². The van der Waals surface area contributed by atoms with Crippen molar-refractivity contribution in [3.63, 3.8) is 0 Å². The van der Waals surface area contributed by atoms with Crippen LogP contribution in [0.3, 0.4) is 0 Å². The highest BCUT2D eigenvalue weighted by molar-refractivity contribution is 9.10. The number of nitrogens with two attached hydrogens (primary N) is 2. The molecule has 9 heteroatoms. The molecule has 2 aliphatic rings. The van der Waals surface area contributed by atoms with Gasteiger partial charge in [0.05, 0.1) is 4.92 Å². The molecule has 0 saturated heterocycles. The van der Waals surface area contributed by atoms with Crippen LogP contribution in [0.25, 0.3) is 0 Å². The lowest BCUT2D eigenvalue weighted by Gasteiger charge is -2.45. The molecule has 0 atom stereocenters. The molecule has 0 amide bonds. The SMILES string of the molecule is Cc1cc(Br)cc([N+](=O)[O-])c1N1C(N)=NC(N)=NC12CCCCC2. The van der Waals surface area contributed by atoms with Gasteiger partial charge in [0, 0.05) is 10.5 Å². The molecule has 128 valence electrons. The summed E-state index contributed by atoms with van der Waals surface area (Å²) in [6.45, 7) is 1.82. The van der Waals surface area contributed by atoms with Gasteiger partial charge in [-0.15, -0.1) is 0 Å². The second-order valence-corrected chi connectivity index (χ2v) is 7.08. The number of nitro groups is 1. The van der Waals surface area contributed by atoms with Crippen LogP contribution in [0, 0.1) is 17.0 Å². The number of guanidine groups is 2. The quantitative estimate of drug-likeness (QED) is 0.589. The summed E-state index contributed by atoms with van der Waals surface area (Å²) in [7, 11) is 0. The zero-order valence-electron chi connectivity index (χ0n) is 13.3. The van der Waals surface area contributed by atoms with Crippen molar-refractivity contribution in [2.75, 3.05) is 4.90 Å². The topological polar surface area (TPSA) is 123 Å². The summed E-state index contributed by atoms with van der Waals surface area (Å²) in [5.41, 5.74) is 12.4. The van der Waals surface area contributed by atoms with Crippen molar-refractivity contribution < 1.29 is 4.92 Å².